The van der Waals surface area contributed by atoms with Gasteiger partial charge < -0.3 is 10.4 Å². The normalized spacial score (nSPS) is 12.8. The largest absolute Gasteiger partial charge is 0.480 e. The zero-order valence-electron chi connectivity index (χ0n) is 11.4. The predicted octanol–water partition coefficient (Wildman–Crippen LogP) is 2.45. The van der Waals surface area contributed by atoms with Gasteiger partial charge in [-0.25, -0.2) is 4.79 Å². The number of aryl methyl sites for hydroxylation is 2. The van der Waals surface area contributed by atoms with Gasteiger partial charge in [-0.1, -0.05) is 29.8 Å². The molecule has 0 heterocycles. The molecule has 1 unspecified atom stereocenters. The average Bonchev–Trinajstić information content (AvgIpc) is 2.35. The van der Waals surface area contributed by atoms with E-state index in [1.807, 2.05) is 36.5 Å². The molecule has 0 fully saturated rings. The van der Waals surface area contributed by atoms with Crippen LogP contribution in [0.25, 0.3) is 0 Å². The molecular weight excluding hydrogens is 287 g/mol. The molecule has 7 heteroatoms. The van der Waals surface area contributed by atoms with Crippen molar-refractivity contribution in [3.05, 3.63) is 35.4 Å². The maximum absolute atomic E-state index is 12.2. The van der Waals surface area contributed by atoms with E-state index in [0.29, 0.717) is 6.42 Å². The zero-order valence-corrected chi connectivity index (χ0v) is 11.4. The fourth-order valence-corrected chi connectivity index (χ4v) is 1.71. The summed E-state index contributed by atoms with van der Waals surface area (Å²) in [5.41, 5.74) is 1.91. The van der Waals surface area contributed by atoms with Crippen LogP contribution in [0.2, 0.25) is 0 Å². The first-order valence-electron chi connectivity index (χ1n) is 6.32. The molecule has 0 aliphatic carbocycles. The van der Waals surface area contributed by atoms with E-state index >= 15 is 0 Å². The van der Waals surface area contributed by atoms with Crippen LogP contribution in [-0.4, -0.2) is 29.2 Å². The average molecular weight is 303 g/mol. The fourth-order valence-electron chi connectivity index (χ4n) is 1.71. The van der Waals surface area contributed by atoms with E-state index in [0.717, 1.165) is 11.1 Å². The summed E-state index contributed by atoms with van der Waals surface area (Å²) in [6.07, 6.45) is -5.96. The number of carbonyl (C=O) groups excluding carboxylic acids is 1. The molecule has 1 rings (SSSR count). The Hall–Kier alpha value is -2.05. The quantitative estimate of drug-likeness (QED) is 0.848. The smallest absolute Gasteiger partial charge is 0.391 e. The highest BCUT2D eigenvalue weighted by Gasteiger charge is 2.36. The number of carboxylic acid groups (broad SMARTS) is 1. The van der Waals surface area contributed by atoms with Crippen LogP contribution in [0.15, 0.2) is 24.3 Å². The number of carbonyl (C=O) groups is 2. The van der Waals surface area contributed by atoms with Gasteiger partial charge in [0.1, 0.15) is 6.04 Å². The molecule has 0 aliphatic heterocycles. The highest BCUT2D eigenvalue weighted by molar-refractivity contribution is 5.83. The lowest BCUT2D eigenvalue weighted by Gasteiger charge is -2.16. The van der Waals surface area contributed by atoms with E-state index in [9.17, 15) is 22.8 Å². The Kier molecular flexibility index (Phi) is 5.75. The second-order valence-electron chi connectivity index (χ2n) is 4.76. The van der Waals surface area contributed by atoms with Gasteiger partial charge in [0, 0.05) is 6.42 Å². The number of nitrogens with one attached hydrogen (secondary N) is 1. The van der Waals surface area contributed by atoms with E-state index in [4.69, 9.17) is 5.11 Å². The molecule has 1 amide bonds. The van der Waals surface area contributed by atoms with Gasteiger partial charge in [0.2, 0.25) is 5.91 Å². The van der Waals surface area contributed by atoms with Gasteiger partial charge in [-0.2, -0.15) is 13.2 Å². The van der Waals surface area contributed by atoms with Crippen LogP contribution >= 0.6 is 0 Å². The van der Waals surface area contributed by atoms with Crippen LogP contribution in [0.5, 0.6) is 0 Å². The second-order valence-corrected chi connectivity index (χ2v) is 4.76. The first-order valence-corrected chi connectivity index (χ1v) is 6.32. The Balaban J connectivity index is 2.50. The minimum atomic E-state index is -4.65. The predicted molar refractivity (Wildman–Crippen MR) is 69.7 cm³/mol. The van der Waals surface area contributed by atoms with Crippen LogP contribution in [0.1, 0.15) is 24.0 Å². The van der Waals surface area contributed by atoms with Gasteiger partial charge in [0.25, 0.3) is 0 Å². The number of rotatable bonds is 6. The SMILES string of the molecule is Cc1ccc(CCC(=O)NC(CC(F)(F)F)C(=O)O)cc1. The van der Waals surface area contributed by atoms with Crippen molar-refractivity contribution in [3.8, 4) is 0 Å². The third-order valence-electron chi connectivity index (χ3n) is 2.83. The third kappa shape index (κ3) is 6.78. The van der Waals surface area contributed by atoms with Crippen molar-refractivity contribution in [3.63, 3.8) is 0 Å². The van der Waals surface area contributed by atoms with Crippen molar-refractivity contribution in [2.75, 3.05) is 0 Å². The topological polar surface area (TPSA) is 66.4 Å². The molecule has 1 aromatic rings. The number of alkyl halides is 3. The molecule has 0 bridgehead atoms. The minimum absolute atomic E-state index is 0.0648. The Morgan fingerprint density at radius 1 is 1.24 bits per heavy atom. The Morgan fingerprint density at radius 2 is 1.81 bits per heavy atom. The molecule has 21 heavy (non-hydrogen) atoms. The highest BCUT2D eigenvalue weighted by Crippen LogP contribution is 2.21. The summed E-state index contributed by atoms with van der Waals surface area (Å²) in [5.74, 6) is -2.41. The van der Waals surface area contributed by atoms with Gasteiger partial charge in [0.05, 0.1) is 6.42 Å². The standard InChI is InChI=1S/C14H16F3NO3/c1-9-2-4-10(5-3-9)6-7-12(19)18-11(13(20)21)8-14(15,16)17/h2-5,11H,6-8H2,1H3,(H,18,19)(H,20,21). The van der Waals surface area contributed by atoms with Gasteiger partial charge >= 0.3 is 12.1 Å². The van der Waals surface area contributed by atoms with Crippen LogP contribution < -0.4 is 5.32 Å². The van der Waals surface area contributed by atoms with Crippen molar-refractivity contribution >= 4 is 11.9 Å². The molecule has 0 saturated carbocycles. The lowest BCUT2D eigenvalue weighted by atomic mass is 10.1. The monoisotopic (exact) mass is 303 g/mol. The summed E-state index contributed by atoms with van der Waals surface area (Å²) < 4.78 is 36.6. The van der Waals surface area contributed by atoms with E-state index in [-0.39, 0.29) is 6.42 Å². The first kappa shape index (κ1) is 17.0. The summed E-state index contributed by atoms with van der Waals surface area (Å²) in [5, 5.41) is 10.6. The minimum Gasteiger partial charge on any atom is -0.480 e. The number of halogens is 3. The lowest BCUT2D eigenvalue weighted by molar-refractivity contribution is -0.160. The van der Waals surface area contributed by atoms with Gasteiger partial charge in [-0.15, -0.1) is 0 Å². The maximum atomic E-state index is 12.2. The third-order valence-corrected chi connectivity index (χ3v) is 2.83. The number of aliphatic carboxylic acids is 1. The Labute approximate surface area is 120 Å². The second kappa shape index (κ2) is 7.10. The number of benzene rings is 1. The molecule has 1 atom stereocenters. The molecular formula is C14H16F3NO3. The molecule has 116 valence electrons. The van der Waals surface area contributed by atoms with E-state index in [2.05, 4.69) is 0 Å². The van der Waals surface area contributed by atoms with Crippen molar-refractivity contribution in [1.29, 1.82) is 0 Å². The van der Waals surface area contributed by atoms with Gasteiger partial charge in [0.15, 0.2) is 0 Å². The summed E-state index contributed by atoms with van der Waals surface area (Å²) in [4.78, 5) is 22.3. The maximum Gasteiger partial charge on any atom is 0.391 e. The summed E-state index contributed by atoms with van der Waals surface area (Å²) in [6.45, 7) is 1.91. The van der Waals surface area contributed by atoms with Crippen molar-refractivity contribution in [1.82, 2.24) is 5.32 Å². The van der Waals surface area contributed by atoms with Crippen LogP contribution in [0.3, 0.4) is 0 Å². The molecule has 4 nitrogen and oxygen atoms in total. The van der Waals surface area contributed by atoms with Crippen LogP contribution in [0.4, 0.5) is 13.2 Å². The number of carboxylic acids is 1. The van der Waals surface area contributed by atoms with E-state index in [1.54, 1.807) is 0 Å². The molecule has 0 saturated heterocycles. The van der Waals surface area contributed by atoms with Crippen molar-refractivity contribution < 1.29 is 27.9 Å². The van der Waals surface area contributed by atoms with Crippen LogP contribution in [0, 0.1) is 6.92 Å². The summed E-state index contributed by atoms with van der Waals surface area (Å²) in [7, 11) is 0. The lowest BCUT2D eigenvalue weighted by Crippen LogP contribution is -2.43. The summed E-state index contributed by atoms with van der Waals surface area (Å²) >= 11 is 0. The first-order chi connectivity index (χ1) is 9.67. The highest BCUT2D eigenvalue weighted by atomic mass is 19.4. The van der Waals surface area contributed by atoms with E-state index < -0.39 is 30.5 Å². The molecule has 0 spiro atoms. The molecule has 0 radical (unpaired) electrons. The van der Waals surface area contributed by atoms with Crippen molar-refractivity contribution in [2.24, 2.45) is 0 Å². The molecule has 0 aromatic heterocycles. The van der Waals surface area contributed by atoms with Crippen LogP contribution in [-0.2, 0) is 16.0 Å². The Morgan fingerprint density at radius 3 is 2.29 bits per heavy atom. The molecule has 0 aliphatic rings. The summed E-state index contributed by atoms with van der Waals surface area (Å²) in [6, 6.07) is 5.39. The molecule has 1 aromatic carbocycles. The fraction of sp³-hybridized carbons (Fsp3) is 0.429. The van der Waals surface area contributed by atoms with Crippen molar-refractivity contribution in [2.45, 2.75) is 38.4 Å². The molecule has 2 N–H and O–H groups in total. The Bertz CT molecular complexity index is 497. The number of amides is 1. The van der Waals surface area contributed by atoms with Gasteiger partial charge in [-0.05, 0) is 18.9 Å². The van der Waals surface area contributed by atoms with E-state index in [1.165, 1.54) is 0 Å². The number of hydrogen-bond donors (Lipinski definition) is 2. The van der Waals surface area contributed by atoms with Gasteiger partial charge in [-0.3, -0.25) is 4.79 Å². The zero-order chi connectivity index (χ0) is 16.0. The number of hydrogen-bond acceptors (Lipinski definition) is 2.